The van der Waals surface area contributed by atoms with Gasteiger partial charge < -0.3 is 10.0 Å². The number of carboxylic acids is 1. The van der Waals surface area contributed by atoms with Gasteiger partial charge in [-0.05, 0) is 5.56 Å². The zero-order chi connectivity index (χ0) is 14.8. The minimum atomic E-state index is -0.863. The predicted octanol–water partition coefficient (Wildman–Crippen LogP) is 2.08. The predicted molar refractivity (Wildman–Crippen MR) is 78.3 cm³/mol. The number of thiazole rings is 1. The maximum Gasteiger partial charge on any atom is 0.308 e. The third-order valence-corrected chi connectivity index (χ3v) is 4.39. The smallest absolute Gasteiger partial charge is 0.308 e. The van der Waals surface area contributed by atoms with Crippen LogP contribution in [0.4, 0.5) is 0 Å². The van der Waals surface area contributed by atoms with Crippen molar-refractivity contribution in [1.82, 2.24) is 9.88 Å². The molecule has 1 aromatic carbocycles. The fourth-order valence-electron chi connectivity index (χ4n) is 2.74. The lowest BCUT2D eigenvalue weighted by molar-refractivity contribution is -0.141. The van der Waals surface area contributed by atoms with Crippen LogP contribution in [0, 0.1) is 5.92 Å². The Morgan fingerprint density at radius 2 is 2.00 bits per heavy atom. The summed E-state index contributed by atoms with van der Waals surface area (Å²) in [6.07, 6.45) is 0. The quantitative estimate of drug-likeness (QED) is 0.942. The Bertz CT molecular complexity index is 642. The highest BCUT2D eigenvalue weighted by atomic mass is 32.1. The molecule has 108 valence electrons. The number of likely N-dealkylation sites (tertiary alicyclic amines) is 1. The molecule has 6 heteroatoms. The molecule has 0 aliphatic carbocycles. The zero-order valence-corrected chi connectivity index (χ0v) is 12.0. The van der Waals surface area contributed by atoms with Crippen LogP contribution in [0.15, 0.2) is 41.2 Å². The number of aliphatic carboxylic acids is 1. The summed E-state index contributed by atoms with van der Waals surface area (Å²) in [5.41, 5.74) is 2.95. The minimum absolute atomic E-state index is 0.175. The van der Waals surface area contributed by atoms with E-state index in [0.717, 1.165) is 5.56 Å². The molecule has 3 rings (SSSR count). The van der Waals surface area contributed by atoms with E-state index in [0.29, 0.717) is 12.2 Å². The average molecular weight is 302 g/mol. The van der Waals surface area contributed by atoms with E-state index in [-0.39, 0.29) is 18.4 Å². The second kappa shape index (κ2) is 5.65. The van der Waals surface area contributed by atoms with E-state index in [1.54, 1.807) is 15.8 Å². The van der Waals surface area contributed by atoms with Gasteiger partial charge in [-0.1, -0.05) is 30.3 Å². The lowest BCUT2D eigenvalue weighted by atomic mass is 9.89. The summed E-state index contributed by atoms with van der Waals surface area (Å²) in [6.45, 7) is 0.641. The molecule has 1 aliphatic heterocycles. The number of carbonyl (C=O) groups excluding carboxylic acids is 1. The number of aromatic nitrogens is 1. The van der Waals surface area contributed by atoms with Gasteiger partial charge in [0.1, 0.15) is 5.69 Å². The average Bonchev–Trinajstić information content (AvgIpc) is 3.17. The van der Waals surface area contributed by atoms with E-state index >= 15 is 0 Å². The topological polar surface area (TPSA) is 70.5 Å². The van der Waals surface area contributed by atoms with Crippen LogP contribution >= 0.6 is 11.3 Å². The van der Waals surface area contributed by atoms with Crippen molar-refractivity contribution in [2.45, 2.75) is 5.92 Å². The van der Waals surface area contributed by atoms with Crippen LogP contribution in [0.3, 0.4) is 0 Å². The number of amides is 1. The highest BCUT2D eigenvalue weighted by molar-refractivity contribution is 7.07. The van der Waals surface area contributed by atoms with Gasteiger partial charge in [0.2, 0.25) is 0 Å². The molecule has 1 saturated heterocycles. The van der Waals surface area contributed by atoms with Crippen LogP contribution in [0.5, 0.6) is 0 Å². The standard InChI is InChI=1S/C15H14N2O3S/c18-14(13-8-21-9-16-13)17-6-11(12(7-17)15(19)20)10-4-2-1-3-5-10/h1-5,8-9,11-12H,6-7H2,(H,19,20). The third-order valence-electron chi connectivity index (χ3n) is 3.80. The molecule has 1 aromatic heterocycles. The van der Waals surface area contributed by atoms with E-state index < -0.39 is 11.9 Å². The van der Waals surface area contributed by atoms with Crippen LogP contribution in [0.2, 0.25) is 0 Å². The fourth-order valence-corrected chi connectivity index (χ4v) is 3.26. The second-order valence-electron chi connectivity index (χ2n) is 5.05. The molecule has 0 saturated carbocycles. The van der Waals surface area contributed by atoms with Crippen LogP contribution < -0.4 is 0 Å². The lowest BCUT2D eigenvalue weighted by Gasteiger charge is -2.15. The molecule has 0 radical (unpaired) electrons. The van der Waals surface area contributed by atoms with Gasteiger partial charge in [-0.3, -0.25) is 9.59 Å². The van der Waals surface area contributed by atoms with Gasteiger partial charge in [0.25, 0.3) is 5.91 Å². The summed E-state index contributed by atoms with van der Waals surface area (Å²) in [7, 11) is 0. The van der Waals surface area contributed by atoms with Gasteiger partial charge in [0.05, 0.1) is 11.4 Å². The highest BCUT2D eigenvalue weighted by Crippen LogP contribution is 2.33. The van der Waals surface area contributed by atoms with Gasteiger partial charge in [-0.25, -0.2) is 4.98 Å². The molecule has 2 heterocycles. The zero-order valence-electron chi connectivity index (χ0n) is 11.2. The van der Waals surface area contributed by atoms with Crippen molar-refractivity contribution < 1.29 is 14.7 Å². The number of benzene rings is 1. The summed E-state index contributed by atoms with van der Waals surface area (Å²) in [6, 6.07) is 9.50. The Hall–Kier alpha value is -2.21. The van der Waals surface area contributed by atoms with Gasteiger partial charge in [-0.15, -0.1) is 11.3 Å². The molecule has 21 heavy (non-hydrogen) atoms. The Kier molecular flexibility index (Phi) is 3.70. The van der Waals surface area contributed by atoms with Crippen molar-refractivity contribution in [3.05, 3.63) is 52.5 Å². The fraction of sp³-hybridized carbons (Fsp3) is 0.267. The lowest BCUT2D eigenvalue weighted by Crippen LogP contribution is -2.30. The molecule has 1 amide bonds. The minimum Gasteiger partial charge on any atom is -0.481 e. The number of rotatable bonds is 3. The molecule has 1 fully saturated rings. The molecular weight excluding hydrogens is 288 g/mol. The van der Waals surface area contributed by atoms with Crippen LogP contribution in [0.1, 0.15) is 22.0 Å². The van der Waals surface area contributed by atoms with Crippen LogP contribution in [-0.4, -0.2) is 40.0 Å². The van der Waals surface area contributed by atoms with Crippen molar-refractivity contribution in [3.8, 4) is 0 Å². The Labute approximate surface area is 125 Å². The van der Waals surface area contributed by atoms with Gasteiger partial charge >= 0.3 is 5.97 Å². The number of hydrogen-bond donors (Lipinski definition) is 1. The molecule has 2 unspecified atom stereocenters. The summed E-state index contributed by atoms with van der Waals surface area (Å²) in [4.78, 5) is 29.4. The van der Waals surface area contributed by atoms with Crippen LogP contribution in [0.25, 0.3) is 0 Å². The molecule has 1 N–H and O–H groups in total. The van der Waals surface area contributed by atoms with E-state index in [4.69, 9.17) is 0 Å². The van der Waals surface area contributed by atoms with E-state index in [1.165, 1.54) is 11.3 Å². The van der Waals surface area contributed by atoms with Gasteiger partial charge in [-0.2, -0.15) is 0 Å². The summed E-state index contributed by atoms with van der Waals surface area (Å²) < 4.78 is 0. The van der Waals surface area contributed by atoms with Crippen molar-refractivity contribution in [2.24, 2.45) is 5.92 Å². The maximum atomic E-state index is 12.3. The maximum absolute atomic E-state index is 12.3. The number of hydrogen-bond acceptors (Lipinski definition) is 4. The molecule has 5 nitrogen and oxygen atoms in total. The first-order chi connectivity index (χ1) is 10.2. The summed E-state index contributed by atoms with van der Waals surface area (Å²) in [5.74, 6) is -1.81. The SMILES string of the molecule is O=C(O)C1CN(C(=O)c2cscn2)CC1c1ccccc1. The molecule has 1 aliphatic rings. The van der Waals surface area contributed by atoms with Crippen molar-refractivity contribution in [1.29, 1.82) is 0 Å². The van der Waals surface area contributed by atoms with Crippen molar-refractivity contribution >= 4 is 23.2 Å². The molecular formula is C15H14N2O3S. The first-order valence-corrected chi connectivity index (χ1v) is 7.56. The van der Waals surface area contributed by atoms with E-state index in [2.05, 4.69) is 4.98 Å². The summed E-state index contributed by atoms with van der Waals surface area (Å²) in [5, 5.41) is 11.1. The van der Waals surface area contributed by atoms with Gasteiger partial charge in [0.15, 0.2) is 0 Å². The molecule has 0 bridgehead atoms. The molecule has 2 atom stereocenters. The molecule has 0 spiro atoms. The number of carboxylic acid groups (broad SMARTS) is 1. The first-order valence-electron chi connectivity index (χ1n) is 6.62. The monoisotopic (exact) mass is 302 g/mol. The first kappa shape index (κ1) is 13.8. The number of nitrogens with zero attached hydrogens (tertiary/aromatic N) is 2. The largest absolute Gasteiger partial charge is 0.481 e. The molecule has 2 aromatic rings. The summed E-state index contributed by atoms with van der Waals surface area (Å²) >= 11 is 1.36. The normalized spacial score (nSPS) is 21.4. The highest BCUT2D eigenvalue weighted by Gasteiger charge is 2.40. The van der Waals surface area contributed by atoms with E-state index in [9.17, 15) is 14.7 Å². The Morgan fingerprint density at radius 1 is 1.24 bits per heavy atom. The number of carbonyl (C=O) groups is 2. The van der Waals surface area contributed by atoms with Crippen molar-refractivity contribution in [3.63, 3.8) is 0 Å². The van der Waals surface area contributed by atoms with Crippen molar-refractivity contribution in [2.75, 3.05) is 13.1 Å². The Balaban J connectivity index is 1.85. The second-order valence-corrected chi connectivity index (χ2v) is 5.76. The van der Waals surface area contributed by atoms with Gasteiger partial charge in [0, 0.05) is 24.4 Å². The van der Waals surface area contributed by atoms with E-state index in [1.807, 2.05) is 30.3 Å². The Morgan fingerprint density at radius 3 is 2.62 bits per heavy atom. The van der Waals surface area contributed by atoms with Crippen LogP contribution in [-0.2, 0) is 4.79 Å². The third kappa shape index (κ3) is 2.67.